The fraction of sp³-hybridized carbons (Fsp3) is 0.118. The van der Waals surface area contributed by atoms with Gasteiger partial charge >= 0.3 is 0 Å². The second-order valence-corrected chi connectivity index (χ2v) is 6.33. The smallest absolute Gasteiger partial charge is 0.154 e. The molecule has 22 heavy (non-hydrogen) atoms. The number of aromatic nitrogens is 4. The molecule has 4 aromatic heterocycles. The van der Waals surface area contributed by atoms with Gasteiger partial charge in [-0.15, -0.1) is 11.3 Å². The van der Waals surface area contributed by atoms with Gasteiger partial charge in [0.05, 0.1) is 21.0 Å². The Morgan fingerprint density at radius 1 is 1.05 bits per heavy atom. The molecule has 0 atom stereocenters. The van der Waals surface area contributed by atoms with Gasteiger partial charge in [0.15, 0.2) is 5.82 Å². The first kappa shape index (κ1) is 13.2. The number of pyridine rings is 2. The lowest BCUT2D eigenvalue weighted by molar-refractivity contribution is 0.835. The molecule has 108 valence electrons. The van der Waals surface area contributed by atoms with Gasteiger partial charge < -0.3 is 0 Å². The molecule has 4 nitrogen and oxygen atoms in total. The summed E-state index contributed by atoms with van der Waals surface area (Å²) in [6, 6.07) is 12.3. The number of hydrogen-bond donors (Lipinski definition) is 0. The molecular formula is C17H14N4S. The highest BCUT2D eigenvalue weighted by atomic mass is 32.1. The van der Waals surface area contributed by atoms with E-state index in [4.69, 9.17) is 0 Å². The van der Waals surface area contributed by atoms with Gasteiger partial charge in [-0.3, -0.25) is 4.98 Å². The summed E-state index contributed by atoms with van der Waals surface area (Å²) in [6.45, 7) is 4.00. The molecule has 0 amide bonds. The molecule has 0 aromatic carbocycles. The summed E-state index contributed by atoms with van der Waals surface area (Å²) in [7, 11) is 0. The van der Waals surface area contributed by atoms with Crippen LogP contribution in [0.3, 0.4) is 0 Å². The molecule has 0 fully saturated rings. The standard InChI is InChI=1S/C17H14N4S/c1-11-4-3-5-17(19-11)21-14(8-12(2)20-21)15-9-13-6-7-18-10-16(13)22-15/h3-10H,1-2H3. The van der Waals surface area contributed by atoms with Crippen molar-refractivity contribution in [2.24, 2.45) is 0 Å². The van der Waals surface area contributed by atoms with Gasteiger partial charge in [-0.25, -0.2) is 9.67 Å². The molecule has 4 aromatic rings. The van der Waals surface area contributed by atoms with Crippen molar-refractivity contribution < 1.29 is 0 Å². The van der Waals surface area contributed by atoms with Gasteiger partial charge in [-0.2, -0.15) is 5.10 Å². The maximum atomic E-state index is 4.61. The Morgan fingerprint density at radius 2 is 1.95 bits per heavy atom. The third-order valence-electron chi connectivity index (χ3n) is 3.50. The van der Waals surface area contributed by atoms with Crippen molar-refractivity contribution in [3.63, 3.8) is 0 Å². The van der Waals surface area contributed by atoms with E-state index in [9.17, 15) is 0 Å². The van der Waals surface area contributed by atoms with Gasteiger partial charge in [0.1, 0.15) is 0 Å². The molecule has 5 heteroatoms. The van der Waals surface area contributed by atoms with Crippen molar-refractivity contribution in [1.29, 1.82) is 0 Å². The molecule has 0 saturated carbocycles. The Balaban J connectivity index is 1.92. The summed E-state index contributed by atoms with van der Waals surface area (Å²) >= 11 is 1.73. The lowest BCUT2D eigenvalue weighted by Gasteiger charge is -2.05. The fourth-order valence-electron chi connectivity index (χ4n) is 2.51. The van der Waals surface area contributed by atoms with Crippen LogP contribution in [0.15, 0.2) is 48.8 Å². The topological polar surface area (TPSA) is 43.6 Å². The summed E-state index contributed by atoms with van der Waals surface area (Å²) in [5.74, 6) is 0.846. The summed E-state index contributed by atoms with van der Waals surface area (Å²) < 4.78 is 3.10. The highest BCUT2D eigenvalue weighted by molar-refractivity contribution is 7.22. The first-order valence-electron chi connectivity index (χ1n) is 7.05. The van der Waals surface area contributed by atoms with Crippen LogP contribution in [0.2, 0.25) is 0 Å². The van der Waals surface area contributed by atoms with E-state index < -0.39 is 0 Å². The molecular weight excluding hydrogens is 292 g/mol. The zero-order valence-corrected chi connectivity index (χ0v) is 13.1. The molecule has 0 saturated heterocycles. The van der Waals surface area contributed by atoms with Gasteiger partial charge in [0.2, 0.25) is 0 Å². The van der Waals surface area contributed by atoms with E-state index in [1.165, 1.54) is 15.0 Å². The van der Waals surface area contributed by atoms with E-state index >= 15 is 0 Å². The van der Waals surface area contributed by atoms with Gasteiger partial charge in [-0.1, -0.05) is 6.07 Å². The van der Waals surface area contributed by atoms with E-state index in [0.717, 1.165) is 22.9 Å². The van der Waals surface area contributed by atoms with Crippen LogP contribution in [-0.2, 0) is 0 Å². The average Bonchev–Trinajstić information content (AvgIpc) is 3.10. The molecule has 0 bridgehead atoms. The summed E-state index contributed by atoms with van der Waals surface area (Å²) in [5, 5.41) is 5.82. The molecule has 0 radical (unpaired) electrons. The minimum atomic E-state index is 0.846. The Hall–Kier alpha value is -2.53. The normalized spacial score (nSPS) is 11.2. The summed E-state index contributed by atoms with van der Waals surface area (Å²) in [5.41, 5.74) is 3.03. The quantitative estimate of drug-likeness (QED) is 0.558. The third-order valence-corrected chi connectivity index (χ3v) is 4.61. The highest BCUT2D eigenvalue weighted by Crippen LogP contribution is 2.34. The van der Waals surface area contributed by atoms with Crippen molar-refractivity contribution in [2.75, 3.05) is 0 Å². The van der Waals surface area contributed by atoms with Crippen molar-refractivity contribution in [3.05, 3.63) is 60.2 Å². The summed E-state index contributed by atoms with van der Waals surface area (Å²) in [6.07, 6.45) is 3.73. The number of fused-ring (bicyclic) bond motifs is 1. The second kappa shape index (κ2) is 5.03. The molecule has 0 aliphatic rings. The number of hydrogen-bond acceptors (Lipinski definition) is 4. The van der Waals surface area contributed by atoms with Gasteiger partial charge in [0.25, 0.3) is 0 Å². The van der Waals surface area contributed by atoms with Gasteiger partial charge in [0, 0.05) is 18.1 Å². The predicted octanol–water partition coefficient (Wildman–Crippen LogP) is 4.16. The lowest BCUT2D eigenvalue weighted by atomic mass is 10.2. The zero-order chi connectivity index (χ0) is 15.1. The molecule has 0 N–H and O–H groups in total. The van der Waals surface area contributed by atoms with Crippen LogP contribution in [0.25, 0.3) is 26.5 Å². The highest BCUT2D eigenvalue weighted by Gasteiger charge is 2.13. The van der Waals surface area contributed by atoms with Crippen LogP contribution in [0, 0.1) is 13.8 Å². The van der Waals surface area contributed by atoms with E-state index in [1.54, 1.807) is 11.3 Å². The summed E-state index contributed by atoms with van der Waals surface area (Å²) in [4.78, 5) is 9.96. The van der Waals surface area contributed by atoms with E-state index in [2.05, 4.69) is 27.2 Å². The number of aryl methyl sites for hydroxylation is 2. The first-order valence-corrected chi connectivity index (χ1v) is 7.87. The van der Waals surface area contributed by atoms with Crippen molar-refractivity contribution >= 4 is 21.4 Å². The molecule has 0 aliphatic carbocycles. The molecule has 0 aliphatic heterocycles. The lowest BCUT2D eigenvalue weighted by Crippen LogP contribution is -2.02. The maximum absolute atomic E-state index is 4.61. The maximum Gasteiger partial charge on any atom is 0.154 e. The molecule has 0 unspecified atom stereocenters. The van der Waals surface area contributed by atoms with Crippen LogP contribution < -0.4 is 0 Å². The largest absolute Gasteiger partial charge is 0.263 e. The zero-order valence-electron chi connectivity index (χ0n) is 12.3. The Kier molecular flexibility index (Phi) is 3.01. The Bertz CT molecular complexity index is 935. The van der Waals surface area contributed by atoms with Gasteiger partial charge in [-0.05, 0) is 49.6 Å². The SMILES string of the molecule is Cc1cccc(-n2nc(C)cc2-c2cc3ccncc3s2)n1. The Labute approximate surface area is 132 Å². The predicted molar refractivity (Wildman–Crippen MR) is 89.4 cm³/mol. The minimum absolute atomic E-state index is 0.846. The van der Waals surface area contributed by atoms with Crippen LogP contribution >= 0.6 is 11.3 Å². The Morgan fingerprint density at radius 3 is 2.77 bits per heavy atom. The van der Waals surface area contributed by atoms with Crippen LogP contribution in [0.4, 0.5) is 0 Å². The number of thiophene rings is 1. The molecule has 0 spiro atoms. The van der Waals surface area contributed by atoms with Crippen LogP contribution in [0.1, 0.15) is 11.4 Å². The average molecular weight is 306 g/mol. The molecule has 4 heterocycles. The van der Waals surface area contributed by atoms with Crippen molar-refractivity contribution in [3.8, 4) is 16.4 Å². The van der Waals surface area contributed by atoms with E-state index in [1.807, 2.05) is 55.2 Å². The monoisotopic (exact) mass is 306 g/mol. The first-order chi connectivity index (χ1) is 10.7. The van der Waals surface area contributed by atoms with Crippen LogP contribution in [-0.4, -0.2) is 19.7 Å². The second-order valence-electron chi connectivity index (χ2n) is 5.24. The molecule has 4 rings (SSSR count). The van der Waals surface area contributed by atoms with E-state index in [-0.39, 0.29) is 0 Å². The minimum Gasteiger partial charge on any atom is -0.263 e. The third kappa shape index (κ3) is 2.19. The van der Waals surface area contributed by atoms with Crippen molar-refractivity contribution in [1.82, 2.24) is 19.7 Å². The van der Waals surface area contributed by atoms with Crippen LogP contribution in [0.5, 0.6) is 0 Å². The number of nitrogens with zero attached hydrogens (tertiary/aromatic N) is 4. The number of rotatable bonds is 2. The fourth-order valence-corrected chi connectivity index (χ4v) is 3.54. The van der Waals surface area contributed by atoms with E-state index in [0.29, 0.717) is 0 Å². The van der Waals surface area contributed by atoms with Crippen molar-refractivity contribution in [2.45, 2.75) is 13.8 Å².